The highest BCUT2D eigenvalue weighted by Gasteiger charge is 2.32. The van der Waals surface area contributed by atoms with Crippen molar-refractivity contribution in [2.24, 2.45) is 11.7 Å². The number of hydrogen-bond acceptors (Lipinski definition) is 3. The van der Waals surface area contributed by atoms with Gasteiger partial charge in [0, 0.05) is 31.2 Å². The lowest BCUT2D eigenvalue weighted by Crippen LogP contribution is -2.53. The predicted molar refractivity (Wildman–Crippen MR) is 83.6 cm³/mol. The van der Waals surface area contributed by atoms with Gasteiger partial charge in [0.1, 0.15) is 5.82 Å². The topological polar surface area (TPSA) is 38.5 Å². The van der Waals surface area contributed by atoms with E-state index in [2.05, 4.69) is 32.6 Å². The average molecular weight is 294 g/mol. The number of halogens is 1. The molecule has 0 aromatic heterocycles. The Kier molecular flexibility index (Phi) is 5.02. The van der Waals surface area contributed by atoms with E-state index in [-0.39, 0.29) is 29.5 Å². The van der Waals surface area contributed by atoms with E-state index in [0.717, 1.165) is 19.6 Å². The number of rotatable bonds is 4. The minimum Gasteiger partial charge on any atom is -0.370 e. The number of nitrogens with two attached hydrogens (primary N) is 1. The third kappa shape index (κ3) is 4.25. The molecule has 0 amide bonds. The molecule has 3 nitrogen and oxygen atoms in total. The number of benzene rings is 1. The van der Waals surface area contributed by atoms with E-state index < -0.39 is 0 Å². The summed E-state index contributed by atoms with van der Waals surface area (Å²) in [5, 5.41) is 0. The molecule has 0 bridgehead atoms. The van der Waals surface area contributed by atoms with Crippen molar-refractivity contribution in [3.8, 4) is 0 Å². The third-order valence-corrected chi connectivity index (χ3v) is 4.06. The van der Waals surface area contributed by atoms with Gasteiger partial charge in [-0.2, -0.15) is 0 Å². The molecule has 3 unspecified atom stereocenters. The Hall–Kier alpha value is -0.970. The van der Waals surface area contributed by atoms with Gasteiger partial charge < -0.3 is 10.5 Å². The fourth-order valence-electron chi connectivity index (χ4n) is 3.30. The first-order valence-corrected chi connectivity index (χ1v) is 7.68. The molecule has 3 atom stereocenters. The van der Waals surface area contributed by atoms with E-state index in [1.165, 1.54) is 6.07 Å². The van der Waals surface area contributed by atoms with E-state index in [4.69, 9.17) is 10.5 Å². The van der Waals surface area contributed by atoms with Crippen molar-refractivity contribution in [1.82, 2.24) is 4.90 Å². The molecule has 21 heavy (non-hydrogen) atoms. The molecule has 1 saturated heterocycles. The van der Waals surface area contributed by atoms with Crippen molar-refractivity contribution in [3.05, 3.63) is 35.6 Å². The summed E-state index contributed by atoms with van der Waals surface area (Å²) in [6.07, 6.45) is 0.214. The quantitative estimate of drug-likeness (QED) is 0.928. The molecule has 1 aliphatic rings. The molecule has 2 N–H and O–H groups in total. The van der Waals surface area contributed by atoms with Crippen molar-refractivity contribution >= 4 is 0 Å². The van der Waals surface area contributed by atoms with Crippen LogP contribution in [0.15, 0.2) is 24.3 Å². The van der Waals surface area contributed by atoms with Gasteiger partial charge in [0.25, 0.3) is 0 Å². The zero-order valence-electron chi connectivity index (χ0n) is 13.5. The molecule has 1 fully saturated rings. The average Bonchev–Trinajstić information content (AvgIpc) is 2.35. The number of ether oxygens (including phenoxy) is 1. The summed E-state index contributed by atoms with van der Waals surface area (Å²) in [6, 6.07) is 6.50. The molecule has 1 heterocycles. The Labute approximate surface area is 127 Å². The summed E-state index contributed by atoms with van der Waals surface area (Å²) in [7, 11) is 0. The van der Waals surface area contributed by atoms with Crippen LogP contribution in [0.2, 0.25) is 0 Å². The first-order chi connectivity index (χ1) is 9.78. The van der Waals surface area contributed by atoms with Gasteiger partial charge >= 0.3 is 0 Å². The van der Waals surface area contributed by atoms with Gasteiger partial charge in [-0.15, -0.1) is 0 Å². The van der Waals surface area contributed by atoms with Crippen LogP contribution in [0.3, 0.4) is 0 Å². The van der Waals surface area contributed by atoms with E-state index in [1.807, 2.05) is 6.07 Å². The Bertz CT molecular complexity index is 478. The number of morpholine rings is 1. The maximum Gasteiger partial charge on any atom is 0.127 e. The summed E-state index contributed by atoms with van der Waals surface area (Å²) in [5.41, 5.74) is 6.72. The van der Waals surface area contributed by atoms with Gasteiger partial charge in [-0.3, -0.25) is 4.90 Å². The van der Waals surface area contributed by atoms with Gasteiger partial charge in [0.05, 0.1) is 11.7 Å². The molecule has 1 aromatic rings. The van der Waals surface area contributed by atoms with E-state index in [0.29, 0.717) is 5.56 Å². The molecule has 4 heteroatoms. The van der Waals surface area contributed by atoms with Gasteiger partial charge in [-0.05, 0) is 32.8 Å². The van der Waals surface area contributed by atoms with E-state index >= 15 is 0 Å². The molecule has 0 saturated carbocycles. The fourth-order valence-corrected chi connectivity index (χ4v) is 3.30. The van der Waals surface area contributed by atoms with Crippen LogP contribution in [-0.4, -0.2) is 36.2 Å². The van der Waals surface area contributed by atoms with Crippen LogP contribution in [0, 0.1) is 11.7 Å². The standard InChI is InChI=1S/C17H27FN2O/c1-12(16(19)14-7-5-6-8-15(14)18)9-20-10-13(2)21-17(3,4)11-20/h5-8,12-13,16H,9-11,19H2,1-4H3. The van der Waals surface area contributed by atoms with E-state index in [1.54, 1.807) is 12.1 Å². The van der Waals surface area contributed by atoms with Crippen molar-refractivity contribution in [2.75, 3.05) is 19.6 Å². The number of nitrogens with zero attached hydrogens (tertiary/aromatic N) is 1. The summed E-state index contributed by atoms with van der Waals surface area (Å²) in [5.74, 6) is -0.0319. The second kappa shape index (κ2) is 6.42. The normalized spacial score (nSPS) is 25.5. The summed E-state index contributed by atoms with van der Waals surface area (Å²) in [6.45, 7) is 11.0. The Morgan fingerprint density at radius 1 is 1.43 bits per heavy atom. The highest BCUT2D eigenvalue weighted by atomic mass is 19.1. The summed E-state index contributed by atoms with van der Waals surface area (Å²) in [4.78, 5) is 2.37. The molecule has 1 aliphatic heterocycles. The minimum atomic E-state index is -0.285. The van der Waals surface area contributed by atoms with Gasteiger partial charge in [-0.25, -0.2) is 4.39 Å². The molecule has 0 aliphatic carbocycles. The van der Waals surface area contributed by atoms with Crippen LogP contribution in [0.25, 0.3) is 0 Å². The van der Waals surface area contributed by atoms with Crippen molar-refractivity contribution in [1.29, 1.82) is 0 Å². The predicted octanol–water partition coefficient (Wildman–Crippen LogP) is 2.96. The van der Waals surface area contributed by atoms with Crippen molar-refractivity contribution in [3.63, 3.8) is 0 Å². The highest BCUT2D eigenvalue weighted by molar-refractivity contribution is 5.21. The van der Waals surface area contributed by atoms with Gasteiger partial charge in [-0.1, -0.05) is 25.1 Å². The fraction of sp³-hybridized carbons (Fsp3) is 0.647. The van der Waals surface area contributed by atoms with Crippen LogP contribution in [0.1, 0.15) is 39.3 Å². The SMILES string of the molecule is CC1CN(CC(C)C(N)c2ccccc2F)CC(C)(C)O1. The lowest BCUT2D eigenvalue weighted by atomic mass is 9.93. The molecule has 118 valence electrons. The largest absolute Gasteiger partial charge is 0.370 e. The Morgan fingerprint density at radius 2 is 2.10 bits per heavy atom. The van der Waals surface area contributed by atoms with Crippen LogP contribution in [0.4, 0.5) is 4.39 Å². The lowest BCUT2D eigenvalue weighted by molar-refractivity contribution is -0.131. The lowest BCUT2D eigenvalue weighted by Gasteiger charge is -2.43. The molecule has 0 spiro atoms. The minimum absolute atomic E-state index is 0.139. The molecular weight excluding hydrogens is 267 g/mol. The smallest absolute Gasteiger partial charge is 0.127 e. The van der Waals surface area contributed by atoms with Crippen LogP contribution in [0.5, 0.6) is 0 Å². The maximum atomic E-state index is 13.9. The Morgan fingerprint density at radius 3 is 2.71 bits per heavy atom. The van der Waals surface area contributed by atoms with Gasteiger partial charge in [0.15, 0.2) is 0 Å². The maximum absolute atomic E-state index is 13.9. The summed E-state index contributed by atoms with van der Waals surface area (Å²) >= 11 is 0. The second-order valence-electron chi connectivity index (χ2n) is 6.91. The third-order valence-electron chi connectivity index (χ3n) is 4.06. The monoisotopic (exact) mass is 294 g/mol. The van der Waals surface area contributed by atoms with Crippen LogP contribution in [-0.2, 0) is 4.74 Å². The first kappa shape index (κ1) is 16.4. The second-order valence-corrected chi connectivity index (χ2v) is 6.91. The van der Waals surface area contributed by atoms with Crippen LogP contribution >= 0.6 is 0 Å². The zero-order valence-corrected chi connectivity index (χ0v) is 13.5. The Balaban J connectivity index is 2.01. The molecular formula is C17H27FN2O. The van der Waals surface area contributed by atoms with Crippen LogP contribution < -0.4 is 5.73 Å². The first-order valence-electron chi connectivity index (χ1n) is 7.68. The highest BCUT2D eigenvalue weighted by Crippen LogP contribution is 2.26. The van der Waals surface area contributed by atoms with Crippen molar-refractivity contribution in [2.45, 2.75) is 45.4 Å². The number of hydrogen-bond donors (Lipinski definition) is 1. The zero-order chi connectivity index (χ0) is 15.6. The van der Waals surface area contributed by atoms with Crippen molar-refractivity contribution < 1.29 is 9.13 Å². The summed E-state index contributed by atoms with van der Waals surface area (Å²) < 4.78 is 19.8. The van der Waals surface area contributed by atoms with E-state index in [9.17, 15) is 4.39 Å². The molecule has 1 aromatic carbocycles. The molecule has 2 rings (SSSR count). The molecule has 0 radical (unpaired) electrons. The van der Waals surface area contributed by atoms with Gasteiger partial charge in [0.2, 0.25) is 0 Å².